The Morgan fingerprint density at radius 1 is 0.540 bits per heavy atom. The third-order valence-electron chi connectivity index (χ3n) is 22.2. The standard InChI is InChI=1S/3C11H15BO2.C9H14O2.C8H13N.C7H13BO2.C7H15BO2.C7H14N2.C7H12N2.C7H11NO.C6H12BNO2.C6H10N2O2.C5H10N4.CH4/c1-11(2,3)9-4-5-10-8(6-9)7-14-12(10)13;1-11(2,3)9-5-4-8-7-14-12(13)10(8)6-9;1-11(2,3)9-5-4-8-7-12(13)14-10(8)6-9;1-9(2,3)8-6(10)4-5-7(8)11;1-8(2,3)7-5-4-6-9-7;1-7(2,3)6-4-5-10-8(6)9;1-7(2,3)6-4-5-8(9)10-6;2*1-7(2,3)9-6-4-5-8-9;1-7(2,3)6-8-4-5-9-6;1-6(2,3)5-8-4-7(9)10-5;1-6(2,3)4-7-5(9)10-8-4;1-5(2,3)4-6-8-9-7-4;/h3*4-6,13H,7H2,1-3H3;10H,4-5H2,1-3H3;4,6H,5H2,1-3H3;4,9H,5H2,1-3H3;6,9H,4-5H2,1-3H3;4-5,8H,6H2,1-3H3;4-6H,1-3H3;4-5H,1-3H3;9H,4H2,1-3H3;1-3H3,(H,7,8,9);1-3H3,(H,6,7,8,9);1H4. The Labute approximate surface area is 834 Å². The molecule has 36 heteroatoms. The van der Waals surface area contributed by atoms with Gasteiger partial charge in [0.25, 0.3) is 0 Å². The van der Waals surface area contributed by atoms with Gasteiger partial charge in [-0.15, -0.1) is 10.2 Å². The number of carbonyl (C=O) groups is 1. The highest BCUT2D eigenvalue weighted by molar-refractivity contribution is 6.62. The minimum Gasteiger partial charge on any atom is -0.536 e. The first-order chi connectivity index (χ1) is 62.9. The molecule has 0 bridgehead atoms. The summed E-state index contributed by atoms with van der Waals surface area (Å²) in [4.78, 5) is 36.4. The fraction of sp³-hybridized carbons (Fsp3) is 0.631. The molecular weight excluding hydrogens is 1760 g/mol. The molecule has 1 aliphatic carbocycles. The summed E-state index contributed by atoms with van der Waals surface area (Å²) in [6, 6.07) is 20.5. The van der Waals surface area contributed by atoms with Crippen LogP contribution in [0.5, 0.6) is 5.75 Å². The number of aliphatic hydroxyl groups is 1. The van der Waals surface area contributed by atoms with E-state index in [1.807, 2.05) is 149 Å². The molecule has 770 valence electrons. The van der Waals surface area contributed by atoms with Crippen LogP contribution in [-0.4, -0.2) is 177 Å². The van der Waals surface area contributed by atoms with Crippen molar-refractivity contribution in [2.24, 2.45) is 37.1 Å². The van der Waals surface area contributed by atoms with E-state index in [1.165, 1.54) is 22.4 Å². The number of tetrazole rings is 1. The number of carbonyl (C=O) groups excluding carboxylic acids is 1. The molecule has 7 aromatic rings. The lowest BCUT2D eigenvalue weighted by molar-refractivity contribution is -0.115. The summed E-state index contributed by atoms with van der Waals surface area (Å²) in [5.41, 5.74) is 15.9. The van der Waals surface area contributed by atoms with Crippen LogP contribution in [0.4, 0.5) is 0 Å². The van der Waals surface area contributed by atoms with Gasteiger partial charge in [0.05, 0.1) is 37.2 Å². The molecule has 30 nitrogen and oxygen atoms in total. The van der Waals surface area contributed by atoms with E-state index in [9.17, 15) is 34.8 Å². The maximum Gasteiger partial charge on any atom is 0.546 e. The van der Waals surface area contributed by atoms with Crippen LogP contribution < -0.4 is 26.8 Å². The summed E-state index contributed by atoms with van der Waals surface area (Å²) < 4.78 is 42.2. The number of oxazole rings is 1. The van der Waals surface area contributed by atoms with Gasteiger partial charge in [-0.05, 0) is 149 Å². The average molecular weight is 1930 g/mol. The Bertz CT molecular complexity index is 5000. The van der Waals surface area contributed by atoms with Gasteiger partial charge in [-0.25, -0.2) is 14.8 Å². The Morgan fingerprint density at radius 3 is 1.44 bits per heavy atom. The van der Waals surface area contributed by atoms with Crippen molar-refractivity contribution in [3.63, 3.8) is 0 Å². The number of aliphatic hydroxyl groups excluding tert-OH is 1. The number of aromatic nitrogens is 9. The minimum atomic E-state index is -0.729. The van der Waals surface area contributed by atoms with Crippen molar-refractivity contribution in [1.82, 2.24) is 56.0 Å². The molecular formula is C103H173B6N13O17. The highest BCUT2D eigenvalue weighted by Gasteiger charge is 2.39. The second-order valence-electron chi connectivity index (χ2n) is 48.7. The van der Waals surface area contributed by atoms with Crippen molar-refractivity contribution in [3.05, 3.63) is 194 Å². The van der Waals surface area contributed by atoms with Crippen molar-refractivity contribution < 1.29 is 76.9 Å². The van der Waals surface area contributed by atoms with Gasteiger partial charge in [-0.1, -0.05) is 313 Å². The van der Waals surface area contributed by atoms with Gasteiger partial charge in [0.15, 0.2) is 29.2 Å². The Kier molecular flexibility index (Phi) is 46.5. The molecule has 1 saturated heterocycles. The summed E-state index contributed by atoms with van der Waals surface area (Å²) in [6.45, 7) is 84.3. The summed E-state index contributed by atoms with van der Waals surface area (Å²) in [5, 5.41) is 88.3. The number of H-pyrrole nitrogens is 2. The Balaban J connectivity index is 0.000000389. The van der Waals surface area contributed by atoms with Gasteiger partial charge in [-0.3, -0.25) is 29.0 Å². The smallest absolute Gasteiger partial charge is 0.536 e. The summed E-state index contributed by atoms with van der Waals surface area (Å²) in [5.74, 6) is 3.52. The zero-order chi connectivity index (χ0) is 105. The summed E-state index contributed by atoms with van der Waals surface area (Å²) in [7, 11) is -4.00. The maximum absolute atomic E-state index is 11.2. The van der Waals surface area contributed by atoms with E-state index in [0.29, 0.717) is 68.5 Å². The molecule has 0 saturated carbocycles. The van der Waals surface area contributed by atoms with Gasteiger partial charge in [-0.2, -0.15) is 10.3 Å². The SMILES string of the molecule is C.CC(C)(C)C1=C(O)CCC1=O.CC(C)(C)C1=CCOB1O.CC(C)(C)C1=NC=CC1.CC(C)(C)C1=NCB(O)O1.CC(C)(C)C1CCB(O)O1.CC(C)(C)N1CC=CN1.CC(C)(C)c1ccc2c(c1)B(O)OC2.CC(C)(C)c1ccc2c(c1)COB2O.CC(C)(C)c1ccc2c(c1)OB(O)C2.CC(C)(C)c1ncco1.CC(C)(C)c1nn[nH]n1.CC(C)(C)c1noc(=O)[nH]1.CC(C)(C)n1cccn1. The molecule has 3 aromatic carbocycles. The topological polar surface area (TPSA) is 411 Å². The summed E-state index contributed by atoms with van der Waals surface area (Å²) >= 11 is 0. The van der Waals surface area contributed by atoms with Gasteiger partial charge >= 0.3 is 48.5 Å². The molecule has 10 N–H and O–H groups in total. The number of hydrogen-bond donors (Lipinski definition) is 10. The van der Waals surface area contributed by atoms with E-state index in [0.717, 1.165) is 76.3 Å². The quantitative estimate of drug-likeness (QED) is 0.0630. The zero-order valence-electron chi connectivity index (χ0n) is 91.0. The number of benzene rings is 3. The van der Waals surface area contributed by atoms with Gasteiger partial charge in [0.1, 0.15) is 12.0 Å². The highest BCUT2D eigenvalue weighted by Crippen LogP contribution is 2.38. The fourth-order valence-corrected chi connectivity index (χ4v) is 13.7. The molecule has 139 heavy (non-hydrogen) atoms. The van der Waals surface area contributed by atoms with Crippen molar-refractivity contribution >= 4 is 71.0 Å². The second kappa shape index (κ2) is 51.9. The first-order valence-corrected chi connectivity index (χ1v) is 48.0. The Morgan fingerprint density at radius 2 is 1.12 bits per heavy atom. The van der Waals surface area contributed by atoms with E-state index in [2.05, 4.69) is 289 Å². The first kappa shape index (κ1) is 124. The van der Waals surface area contributed by atoms with E-state index >= 15 is 0 Å². The molecule has 0 spiro atoms. The largest absolute Gasteiger partial charge is 0.546 e. The van der Waals surface area contributed by atoms with Crippen molar-refractivity contribution in [2.75, 3.05) is 19.6 Å². The first-order valence-electron chi connectivity index (χ1n) is 48.0. The van der Waals surface area contributed by atoms with Crippen LogP contribution in [0.1, 0.15) is 354 Å². The van der Waals surface area contributed by atoms with Crippen LogP contribution in [0.3, 0.4) is 0 Å². The van der Waals surface area contributed by atoms with E-state index < -0.39 is 48.5 Å². The number of allylic oxidation sites excluding steroid dienone is 4. The Hall–Kier alpha value is -8.79. The number of aromatic amines is 2. The third kappa shape index (κ3) is 43.5. The summed E-state index contributed by atoms with van der Waals surface area (Å²) in [6.07, 6.45) is 22.1. The number of nitrogens with zero attached hydrogens (tertiary/aromatic N) is 10. The molecule has 1 unspecified atom stereocenters. The molecule has 0 amide bonds. The molecule has 12 heterocycles. The van der Waals surface area contributed by atoms with Gasteiger partial charge in [0, 0.05) is 114 Å². The zero-order valence-corrected chi connectivity index (χ0v) is 91.0. The van der Waals surface area contributed by atoms with Gasteiger partial charge in [0.2, 0.25) is 0 Å². The van der Waals surface area contributed by atoms with Crippen LogP contribution in [0, 0.1) is 27.1 Å². The second-order valence-corrected chi connectivity index (χ2v) is 48.7. The minimum absolute atomic E-state index is 0. The number of ketones is 1. The molecule has 1 atom stereocenters. The lowest BCUT2D eigenvalue weighted by Gasteiger charge is -2.31. The van der Waals surface area contributed by atoms with Gasteiger partial charge < -0.3 is 73.0 Å². The van der Waals surface area contributed by atoms with Crippen molar-refractivity contribution in [1.29, 1.82) is 0 Å². The molecule has 0 radical (unpaired) electrons. The number of aliphatic imine (C=N–C) groups is 2. The average Bonchev–Trinajstić information content (AvgIpc) is 1.68. The van der Waals surface area contributed by atoms with Crippen LogP contribution in [0.25, 0.3) is 0 Å². The number of hydrogen-bond acceptors (Lipinski definition) is 27. The van der Waals surface area contributed by atoms with Crippen molar-refractivity contribution in [3.8, 4) is 5.75 Å². The molecule has 16 rings (SSSR count). The van der Waals surface area contributed by atoms with E-state index in [1.54, 1.807) is 18.7 Å². The molecule has 8 aliphatic heterocycles. The molecule has 9 aliphatic rings. The predicted molar refractivity (Wildman–Crippen MR) is 567 cm³/mol. The number of hydrazine groups is 1. The number of nitrogens with one attached hydrogen (secondary N) is 3. The lowest BCUT2D eigenvalue weighted by atomic mass is 9.66. The van der Waals surface area contributed by atoms with Crippen LogP contribution >= 0.6 is 0 Å². The number of fused-ring (bicyclic) bond motifs is 3. The molecule has 4 aromatic heterocycles. The third-order valence-corrected chi connectivity index (χ3v) is 22.2. The number of Topliss-reactive ketones (excluding diaryl/α,β-unsaturated/α-hetero) is 1. The van der Waals surface area contributed by atoms with E-state index in [-0.39, 0.29) is 90.0 Å². The van der Waals surface area contributed by atoms with E-state index in [4.69, 9.17) is 42.4 Å². The normalized spacial score (nSPS) is 16.7. The van der Waals surface area contributed by atoms with Crippen LogP contribution in [0.15, 0.2) is 157 Å². The highest BCUT2D eigenvalue weighted by atomic mass is 16.5. The van der Waals surface area contributed by atoms with Crippen LogP contribution in [-0.2, 0) is 85.6 Å². The fourth-order valence-electron chi connectivity index (χ4n) is 13.7. The predicted octanol–water partition coefficient (Wildman–Crippen LogP) is 18.3. The maximum atomic E-state index is 11.2. The number of rotatable bonds is 0. The lowest BCUT2D eigenvalue weighted by Crippen LogP contribution is -2.45. The van der Waals surface area contributed by atoms with Crippen LogP contribution in [0.2, 0.25) is 6.32 Å². The van der Waals surface area contributed by atoms with Crippen molar-refractivity contribution in [2.45, 2.75) is 379 Å². The molecule has 1 fully saturated rings. The monoisotopic (exact) mass is 1930 g/mol.